The summed E-state index contributed by atoms with van der Waals surface area (Å²) >= 11 is 0. The zero-order valence-corrected chi connectivity index (χ0v) is 12.3. The second kappa shape index (κ2) is 3.93. The third kappa shape index (κ3) is 2.97. The average molecular weight is 238 g/mol. The van der Waals surface area contributed by atoms with Crippen LogP contribution in [0.2, 0.25) is 0 Å². The Bertz CT molecular complexity index is 334. The molecule has 0 aromatic heterocycles. The van der Waals surface area contributed by atoms with E-state index < -0.39 is 11.3 Å². The molecule has 0 radical (unpaired) electrons. The second-order valence-corrected chi connectivity index (χ2v) is 7.96. The molecule has 0 aromatic rings. The van der Waals surface area contributed by atoms with Crippen LogP contribution in [0.15, 0.2) is 0 Å². The Morgan fingerprint density at radius 3 is 2.06 bits per heavy atom. The summed E-state index contributed by atoms with van der Waals surface area (Å²) in [5.74, 6) is -0.172. The van der Waals surface area contributed by atoms with Crippen molar-refractivity contribution in [2.45, 2.75) is 61.3 Å². The van der Waals surface area contributed by atoms with Gasteiger partial charge in [-0.2, -0.15) is 0 Å². The SMILES string of the molecule is CC1(C)CC(C(=O)C(C)(C)C)C(=O)C(C)(C)C1. The maximum atomic E-state index is 12.4. The first kappa shape index (κ1) is 14.4. The standard InChI is InChI=1S/C15H26O2/c1-13(2,3)11(16)10-8-14(4,5)9-15(6,7)12(10)17/h10H,8-9H2,1-7H3. The van der Waals surface area contributed by atoms with Gasteiger partial charge in [-0.15, -0.1) is 0 Å². The van der Waals surface area contributed by atoms with Crippen LogP contribution in [-0.2, 0) is 9.59 Å². The average Bonchev–Trinajstić information content (AvgIpc) is 2.07. The van der Waals surface area contributed by atoms with Gasteiger partial charge in [-0.25, -0.2) is 0 Å². The number of hydrogen-bond acceptors (Lipinski definition) is 2. The van der Waals surface area contributed by atoms with Crippen LogP contribution >= 0.6 is 0 Å². The fraction of sp³-hybridized carbons (Fsp3) is 0.867. The molecule has 0 aromatic carbocycles. The largest absolute Gasteiger partial charge is 0.298 e. The minimum atomic E-state index is -0.427. The Morgan fingerprint density at radius 2 is 1.65 bits per heavy atom. The fourth-order valence-electron chi connectivity index (χ4n) is 3.21. The van der Waals surface area contributed by atoms with Crippen molar-refractivity contribution in [1.29, 1.82) is 0 Å². The third-order valence-electron chi connectivity index (χ3n) is 3.72. The van der Waals surface area contributed by atoms with Crippen molar-refractivity contribution in [2.24, 2.45) is 22.2 Å². The van der Waals surface area contributed by atoms with Crippen molar-refractivity contribution in [1.82, 2.24) is 0 Å². The van der Waals surface area contributed by atoms with E-state index in [1.165, 1.54) is 0 Å². The number of rotatable bonds is 1. The molecule has 0 aliphatic heterocycles. The van der Waals surface area contributed by atoms with Gasteiger partial charge in [0, 0.05) is 10.8 Å². The summed E-state index contributed by atoms with van der Waals surface area (Å²) in [5.41, 5.74) is -0.722. The molecule has 17 heavy (non-hydrogen) atoms. The quantitative estimate of drug-likeness (QED) is 0.654. The maximum Gasteiger partial charge on any atom is 0.148 e. The molecule has 2 heteroatoms. The lowest BCUT2D eigenvalue weighted by Gasteiger charge is -2.44. The van der Waals surface area contributed by atoms with E-state index in [1.54, 1.807) is 0 Å². The lowest BCUT2D eigenvalue weighted by Crippen LogP contribution is -2.48. The highest BCUT2D eigenvalue weighted by Gasteiger charge is 2.49. The summed E-state index contributed by atoms with van der Waals surface area (Å²) in [6.07, 6.45) is 1.57. The van der Waals surface area contributed by atoms with Crippen LogP contribution in [0, 0.1) is 22.2 Å². The molecule has 1 unspecified atom stereocenters. The summed E-state index contributed by atoms with van der Waals surface area (Å²) in [4.78, 5) is 24.8. The molecule has 1 aliphatic rings. The predicted octanol–water partition coefficient (Wildman–Crippen LogP) is 3.63. The van der Waals surface area contributed by atoms with Crippen molar-refractivity contribution in [3.63, 3.8) is 0 Å². The highest BCUT2D eigenvalue weighted by atomic mass is 16.2. The normalized spacial score (nSPS) is 27.9. The molecule has 0 spiro atoms. The van der Waals surface area contributed by atoms with E-state index in [0.29, 0.717) is 6.42 Å². The Morgan fingerprint density at radius 1 is 1.18 bits per heavy atom. The highest BCUT2D eigenvalue weighted by molar-refractivity contribution is 6.07. The van der Waals surface area contributed by atoms with Crippen LogP contribution in [0.3, 0.4) is 0 Å². The zero-order chi connectivity index (χ0) is 13.6. The van der Waals surface area contributed by atoms with Crippen LogP contribution in [0.1, 0.15) is 61.3 Å². The molecule has 0 amide bonds. The number of carbonyl (C=O) groups excluding carboxylic acids is 2. The van der Waals surface area contributed by atoms with Gasteiger partial charge < -0.3 is 0 Å². The van der Waals surface area contributed by atoms with Crippen molar-refractivity contribution >= 4 is 11.6 Å². The summed E-state index contributed by atoms with van der Waals surface area (Å²) in [6.45, 7) is 14.0. The van der Waals surface area contributed by atoms with Crippen LogP contribution < -0.4 is 0 Å². The molecule has 1 fully saturated rings. The minimum absolute atomic E-state index is 0.0724. The van der Waals surface area contributed by atoms with Crippen LogP contribution in [0.5, 0.6) is 0 Å². The Kier molecular flexibility index (Phi) is 3.33. The third-order valence-corrected chi connectivity index (χ3v) is 3.72. The minimum Gasteiger partial charge on any atom is -0.298 e. The molecule has 2 nitrogen and oxygen atoms in total. The maximum absolute atomic E-state index is 12.4. The van der Waals surface area contributed by atoms with Gasteiger partial charge in [-0.1, -0.05) is 48.5 Å². The number of Topliss-reactive ketones (excluding diaryl/α,β-unsaturated/α-hetero) is 2. The lowest BCUT2D eigenvalue weighted by atomic mass is 9.58. The van der Waals surface area contributed by atoms with E-state index in [4.69, 9.17) is 0 Å². The van der Waals surface area contributed by atoms with Gasteiger partial charge in [0.2, 0.25) is 0 Å². The van der Waals surface area contributed by atoms with Crippen molar-refractivity contribution < 1.29 is 9.59 Å². The van der Waals surface area contributed by atoms with E-state index in [-0.39, 0.29) is 22.4 Å². The van der Waals surface area contributed by atoms with E-state index in [0.717, 1.165) is 6.42 Å². The molecular formula is C15H26O2. The molecule has 1 rings (SSSR count). The summed E-state index contributed by atoms with van der Waals surface area (Å²) in [6, 6.07) is 0. The number of ketones is 2. The summed E-state index contributed by atoms with van der Waals surface area (Å²) in [7, 11) is 0. The van der Waals surface area contributed by atoms with Crippen LogP contribution in [0.4, 0.5) is 0 Å². The van der Waals surface area contributed by atoms with Gasteiger partial charge in [0.15, 0.2) is 0 Å². The monoisotopic (exact) mass is 238 g/mol. The van der Waals surface area contributed by atoms with Crippen LogP contribution in [-0.4, -0.2) is 11.6 Å². The van der Waals surface area contributed by atoms with Gasteiger partial charge >= 0.3 is 0 Å². The summed E-state index contributed by atoms with van der Waals surface area (Å²) < 4.78 is 0. The van der Waals surface area contributed by atoms with Gasteiger partial charge in [0.05, 0.1) is 5.92 Å². The molecule has 0 bridgehead atoms. The summed E-state index contributed by atoms with van der Waals surface area (Å²) in [5, 5.41) is 0. The van der Waals surface area contributed by atoms with Crippen molar-refractivity contribution in [2.75, 3.05) is 0 Å². The smallest absolute Gasteiger partial charge is 0.148 e. The van der Waals surface area contributed by atoms with Gasteiger partial charge in [0.25, 0.3) is 0 Å². The Hall–Kier alpha value is -0.660. The molecule has 98 valence electrons. The zero-order valence-electron chi connectivity index (χ0n) is 12.3. The van der Waals surface area contributed by atoms with Gasteiger partial charge in [0.1, 0.15) is 11.6 Å². The first-order valence-electron chi connectivity index (χ1n) is 6.45. The fourth-order valence-corrected chi connectivity index (χ4v) is 3.21. The van der Waals surface area contributed by atoms with E-state index in [9.17, 15) is 9.59 Å². The first-order valence-corrected chi connectivity index (χ1v) is 6.45. The second-order valence-electron chi connectivity index (χ2n) is 7.96. The van der Waals surface area contributed by atoms with Crippen molar-refractivity contribution in [3.8, 4) is 0 Å². The molecule has 0 saturated heterocycles. The lowest BCUT2D eigenvalue weighted by molar-refractivity contribution is -0.148. The molecule has 0 N–H and O–H groups in total. The van der Waals surface area contributed by atoms with Crippen LogP contribution in [0.25, 0.3) is 0 Å². The number of carbonyl (C=O) groups is 2. The van der Waals surface area contributed by atoms with E-state index in [2.05, 4.69) is 13.8 Å². The molecular weight excluding hydrogens is 212 g/mol. The van der Waals surface area contributed by atoms with E-state index in [1.807, 2.05) is 34.6 Å². The molecule has 1 saturated carbocycles. The molecule has 1 aliphatic carbocycles. The predicted molar refractivity (Wildman–Crippen MR) is 69.8 cm³/mol. The van der Waals surface area contributed by atoms with Gasteiger partial charge in [-0.3, -0.25) is 9.59 Å². The molecule has 0 heterocycles. The topological polar surface area (TPSA) is 34.1 Å². The first-order chi connectivity index (χ1) is 7.37. The van der Waals surface area contributed by atoms with Gasteiger partial charge in [-0.05, 0) is 18.3 Å². The Labute approximate surface area is 105 Å². The molecule has 1 atom stereocenters. The Balaban J connectivity index is 3.08. The van der Waals surface area contributed by atoms with Crippen molar-refractivity contribution in [3.05, 3.63) is 0 Å². The highest BCUT2D eigenvalue weighted by Crippen LogP contribution is 2.47. The number of hydrogen-bond donors (Lipinski definition) is 0. The van der Waals surface area contributed by atoms with E-state index >= 15 is 0 Å².